The third kappa shape index (κ3) is 6.30. The number of benzene rings is 1. The summed E-state index contributed by atoms with van der Waals surface area (Å²) in [6.07, 6.45) is 2.72. The molecule has 154 valence electrons. The number of allylic oxidation sites excluding steroid dienone is 1. The molecule has 2 amide bonds. The molecule has 1 atom stereocenters. The van der Waals surface area contributed by atoms with Crippen LogP contribution in [0.15, 0.2) is 36.0 Å². The molecule has 1 fully saturated rings. The number of likely N-dealkylation sites (tertiary alicyclic amines) is 1. The predicted octanol–water partition coefficient (Wildman–Crippen LogP) is 2.78. The first-order valence-corrected chi connectivity index (χ1v) is 9.16. The number of imide groups is 1. The van der Waals surface area contributed by atoms with E-state index in [0.29, 0.717) is 25.2 Å². The van der Waals surface area contributed by atoms with E-state index in [1.165, 1.54) is 18.2 Å². The normalized spacial score (nSPS) is 18.4. The van der Waals surface area contributed by atoms with Crippen molar-refractivity contribution in [2.75, 3.05) is 6.54 Å². The summed E-state index contributed by atoms with van der Waals surface area (Å²) in [5, 5.41) is 2.39. The zero-order valence-electron chi connectivity index (χ0n) is 16.4. The topological polar surface area (TPSA) is 84.7 Å². The maximum absolute atomic E-state index is 12.5. The Balaban J connectivity index is 1.96. The predicted molar refractivity (Wildman–Crippen MR) is 101 cm³/mol. The Kier molecular flexibility index (Phi) is 7.12. The maximum Gasteiger partial charge on any atom is 0.387 e. The Morgan fingerprint density at radius 2 is 1.96 bits per heavy atom. The number of ether oxygens (including phenoxy) is 1. The van der Waals surface area contributed by atoms with Gasteiger partial charge in [-0.2, -0.15) is 8.78 Å². The SMILES string of the molecule is CC(C)(C)C(N)=CC(=O)NC(=O)[C@@H]1CCCN1Cc1ccc(OC(F)F)cc1. The summed E-state index contributed by atoms with van der Waals surface area (Å²) in [7, 11) is 0. The first kappa shape index (κ1) is 21.8. The number of nitrogens with one attached hydrogen (secondary N) is 1. The lowest BCUT2D eigenvalue weighted by Gasteiger charge is -2.23. The molecular formula is C20H27F2N3O3. The van der Waals surface area contributed by atoms with Crippen LogP contribution in [-0.2, 0) is 16.1 Å². The van der Waals surface area contributed by atoms with Crippen LogP contribution >= 0.6 is 0 Å². The van der Waals surface area contributed by atoms with Gasteiger partial charge in [0.05, 0.1) is 6.04 Å². The molecule has 1 heterocycles. The van der Waals surface area contributed by atoms with E-state index in [1.54, 1.807) is 12.1 Å². The molecule has 1 saturated heterocycles. The van der Waals surface area contributed by atoms with Crippen molar-refractivity contribution >= 4 is 11.8 Å². The van der Waals surface area contributed by atoms with Gasteiger partial charge in [0.2, 0.25) is 5.91 Å². The van der Waals surface area contributed by atoms with Crippen molar-refractivity contribution in [3.8, 4) is 5.75 Å². The third-order valence-electron chi connectivity index (χ3n) is 4.60. The molecule has 0 spiro atoms. The molecule has 0 unspecified atom stereocenters. The second-order valence-electron chi connectivity index (χ2n) is 7.85. The van der Waals surface area contributed by atoms with Gasteiger partial charge >= 0.3 is 6.61 Å². The number of nitrogens with zero attached hydrogens (tertiary/aromatic N) is 1. The Morgan fingerprint density at radius 1 is 1.32 bits per heavy atom. The first-order valence-electron chi connectivity index (χ1n) is 9.16. The van der Waals surface area contributed by atoms with Gasteiger partial charge in [-0.25, -0.2) is 0 Å². The largest absolute Gasteiger partial charge is 0.435 e. The van der Waals surface area contributed by atoms with Gasteiger partial charge in [0, 0.05) is 23.7 Å². The molecule has 8 heteroatoms. The molecule has 2 rings (SSSR count). The molecule has 1 aliphatic heterocycles. The lowest BCUT2D eigenvalue weighted by Crippen LogP contribution is -2.45. The monoisotopic (exact) mass is 395 g/mol. The van der Waals surface area contributed by atoms with E-state index in [1.807, 2.05) is 25.7 Å². The Labute approximate surface area is 163 Å². The Morgan fingerprint density at radius 3 is 2.54 bits per heavy atom. The highest BCUT2D eigenvalue weighted by atomic mass is 19.3. The van der Waals surface area contributed by atoms with E-state index in [9.17, 15) is 18.4 Å². The summed E-state index contributed by atoms with van der Waals surface area (Å²) in [5.41, 5.74) is 6.77. The molecule has 6 nitrogen and oxygen atoms in total. The smallest absolute Gasteiger partial charge is 0.387 e. The number of rotatable bonds is 6. The number of halogens is 2. The molecule has 1 aromatic rings. The minimum absolute atomic E-state index is 0.0864. The fraction of sp³-hybridized carbons (Fsp3) is 0.500. The molecule has 3 N–H and O–H groups in total. The minimum Gasteiger partial charge on any atom is -0.435 e. The minimum atomic E-state index is -2.86. The van der Waals surface area contributed by atoms with Crippen LogP contribution in [-0.4, -0.2) is 35.9 Å². The van der Waals surface area contributed by atoms with Gasteiger partial charge in [-0.1, -0.05) is 32.9 Å². The Bertz CT molecular complexity index is 727. The summed E-state index contributed by atoms with van der Waals surface area (Å²) in [4.78, 5) is 26.6. The van der Waals surface area contributed by atoms with E-state index >= 15 is 0 Å². The van der Waals surface area contributed by atoms with Crippen LogP contribution in [0.25, 0.3) is 0 Å². The summed E-state index contributed by atoms with van der Waals surface area (Å²) < 4.78 is 28.8. The molecule has 0 aliphatic carbocycles. The van der Waals surface area contributed by atoms with Gasteiger partial charge in [-0.05, 0) is 37.1 Å². The van der Waals surface area contributed by atoms with Crippen LogP contribution in [0.3, 0.4) is 0 Å². The molecule has 1 aromatic carbocycles. The molecule has 1 aliphatic rings. The van der Waals surface area contributed by atoms with Gasteiger partial charge in [0.15, 0.2) is 0 Å². The first-order chi connectivity index (χ1) is 13.1. The van der Waals surface area contributed by atoms with Crippen molar-refractivity contribution in [3.05, 3.63) is 41.6 Å². The van der Waals surface area contributed by atoms with Crippen LogP contribution in [0.4, 0.5) is 8.78 Å². The van der Waals surface area contributed by atoms with Crippen LogP contribution in [0.1, 0.15) is 39.2 Å². The number of amides is 2. The van der Waals surface area contributed by atoms with Crippen LogP contribution in [0.5, 0.6) is 5.75 Å². The zero-order chi connectivity index (χ0) is 20.9. The number of alkyl halides is 2. The van der Waals surface area contributed by atoms with E-state index in [0.717, 1.165) is 12.0 Å². The van der Waals surface area contributed by atoms with E-state index in [-0.39, 0.29) is 17.1 Å². The average molecular weight is 395 g/mol. The highest BCUT2D eigenvalue weighted by Crippen LogP contribution is 2.23. The summed E-state index contributed by atoms with van der Waals surface area (Å²) in [6, 6.07) is 5.88. The number of carbonyl (C=O) groups is 2. The quantitative estimate of drug-likeness (QED) is 0.724. The van der Waals surface area contributed by atoms with E-state index in [2.05, 4.69) is 10.1 Å². The van der Waals surface area contributed by atoms with Crippen molar-refractivity contribution in [2.45, 2.75) is 52.8 Å². The highest BCUT2D eigenvalue weighted by Gasteiger charge is 2.31. The third-order valence-corrected chi connectivity index (χ3v) is 4.60. The van der Waals surface area contributed by atoms with Crippen molar-refractivity contribution in [1.29, 1.82) is 0 Å². The summed E-state index contributed by atoms with van der Waals surface area (Å²) in [6.45, 7) is 3.96. The van der Waals surface area contributed by atoms with Crippen LogP contribution in [0, 0.1) is 5.41 Å². The number of nitrogens with two attached hydrogens (primary N) is 1. The van der Waals surface area contributed by atoms with E-state index < -0.39 is 18.6 Å². The van der Waals surface area contributed by atoms with Gasteiger partial charge in [0.1, 0.15) is 5.75 Å². The molecule has 28 heavy (non-hydrogen) atoms. The van der Waals surface area contributed by atoms with Crippen molar-refractivity contribution < 1.29 is 23.1 Å². The zero-order valence-corrected chi connectivity index (χ0v) is 16.4. The fourth-order valence-corrected chi connectivity index (χ4v) is 2.92. The van der Waals surface area contributed by atoms with Gasteiger partial charge < -0.3 is 10.5 Å². The molecule has 0 aromatic heterocycles. The van der Waals surface area contributed by atoms with Crippen molar-refractivity contribution in [1.82, 2.24) is 10.2 Å². The fourth-order valence-electron chi connectivity index (χ4n) is 2.92. The van der Waals surface area contributed by atoms with Gasteiger partial charge in [-0.3, -0.25) is 19.8 Å². The molecule has 0 bridgehead atoms. The molecular weight excluding hydrogens is 368 g/mol. The molecule has 0 saturated carbocycles. The van der Waals surface area contributed by atoms with Gasteiger partial charge in [-0.15, -0.1) is 0 Å². The van der Waals surface area contributed by atoms with Crippen LogP contribution < -0.4 is 15.8 Å². The lowest BCUT2D eigenvalue weighted by molar-refractivity contribution is -0.131. The van der Waals surface area contributed by atoms with Crippen molar-refractivity contribution in [2.24, 2.45) is 11.1 Å². The summed E-state index contributed by atoms with van der Waals surface area (Å²) in [5.74, 6) is -0.806. The maximum atomic E-state index is 12.5. The second kappa shape index (κ2) is 9.14. The number of carbonyl (C=O) groups excluding carboxylic acids is 2. The highest BCUT2D eigenvalue weighted by molar-refractivity contribution is 6.03. The van der Waals surface area contributed by atoms with E-state index in [4.69, 9.17) is 5.73 Å². The summed E-state index contributed by atoms with van der Waals surface area (Å²) >= 11 is 0. The Hall–Kier alpha value is -2.48. The lowest BCUT2D eigenvalue weighted by atomic mass is 9.92. The standard InChI is InChI=1S/C20H27F2N3O3/c1-20(2,3)16(23)11-17(26)24-18(27)15-5-4-10-25(15)12-13-6-8-14(9-7-13)28-19(21)22/h6-9,11,15,19H,4-5,10,12,23H2,1-3H3,(H,24,26,27)/t15-/m0/s1. The van der Waals surface area contributed by atoms with Crippen LogP contribution in [0.2, 0.25) is 0 Å². The second-order valence-corrected chi connectivity index (χ2v) is 7.85. The average Bonchev–Trinajstić information content (AvgIpc) is 3.03. The molecule has 0 radical (unpaired) electrons. The van der Waals surface area contributed by atoms with Gasteiger partial charge in [0.25, 0.3) is 5.91 Å². The van der Waals surface area contributed by atoms with Crippen molar-refractivity contribution in [3.63, 3.8) is 0 Å². The number of hydrogen-bond donors (Lipinski definition) is 2. The number of hydrogen-bond acceptors (Lipinski definition) is 5.